The normalized spacial score (nSPS) is 42.2. The van der Waals surface area contributed by atoms with Crippen LogP contribution in [0, 0.1) is 29.1 Å². The number of hydrogen-bond donors (Lipinski definition) is 1. The van der Waals surface area contributed by atoms with Crippen LogP contribution in [0.4, 0.5) is 5.69 Å². The molecule has 28 heavy (non-hydrogen) atoms. The predicted octanol–water partition coefficient (Wildman–Crippen LogP) is 5.77. The topological polar surface area (TPSA) is 23.5 Å². The van der Waals surface area contributed by atoms with Gasteiger partial charge in [-0.15, -0.1) is 0 Å². The summed E-state index contributed by atoms with van der Waals surface area (Å²) < 4.78 is 0. The fourth-order valence-corrected chi connectivity index (χ4v) is 7.59. The van der Waals surface area contributed by atoms with E-state index in [9.17, 15) is 5.11 Å². The van der Waals surface area contributed by atoms with Crippen LogP contribution >= 0.6 is 0 Å². The van der Waals surface area contributed by atoms with Crippen LogP contribution in [0.15, 0.2) is 35.9 Å². The molecule has 0 bridgehead atoms. The fourth-order valence-electron chi connectivity index (χ4n) is 7.59. The zero-order valence-corrected chi connectivity index (χ0v) is 17.9. The molecule has 0 radical (unpaired) electrons. The van der Waals surface area contributed by atoms with Crippen LogP contribution in [-0.4, -0.2) is 25.3 Å². The van der Waals surface area contributed by atoms with Gasteiger partial charge in [-0.3, -0.25) is 0 Å². The molecule has 5 rings (SSSR count). The number of fused-ring (bicyclic) bond motifs is 5. The lowest BCUT2D eigenvalue weighted by atomic mass is 9.52. The first-order valence-corrected chi connectivity index (χ1v) is 11.6. The Labute approximate surface area is 171 Å². The first-order chi connectivity index (χ1) is 13.5. The Morgan fingerprint density at radius 1 is 0.929 bits per heavy atom. The Kier molecular flexibility index (Phi) is 4.62. The number of anilines is 1. The molecule has 3 saturated carbocycles. The highest BCUT2D eigenvalue weighted by Gasteiger charge is 2.55. The van der Waals surface area contributed by atoms with E-state index in [2.05, 4.69) is 56.3 Å². The fraction of sp³-hybridized carbons (Fsp3) is 0.692. The standard InChI is InChI=1S/C26H37NO/c1-26-15-14-22-21-10-6-18(17-4-8-20(9-5-17)27(2)3)16-19(21)7-11-23(22)24(26)12-13-25(26)28/h4-5,8-9,16,18,21-25,28H,6-7,10-15H2,1-3H3/t18?,21-,22+,23+,24-,25-,26-/m0/s1. The number of nitrogens with zero attached hydrogens (tertiary/aromatic N) is 1. The molecular weight excluding hydrogens is 342 g/mol. The molecule has 3 fully saturated rings. The van der Waals surface area contributed by atoms with Crippen molar-refractivity contribution in [2.24, 2.45) is 29.1 Å². The van der Waals surface area contributed by atoms with Crippen molar-refractivity contribution in [1.82, 2.24) is 0 Å². The van der Waals surface area contributed by atoms with Crippen molar-refractivity contribution < 1.29 is 5.11 Å². The lowest BCUT2D eigenvalue weighted by Gasteiger charge is -2.53. The van der Waals surface area contributed by atoms with Crippen LogP contribution in [-0.2, 0) is 0 Å². The number of benzene rings is 1. The van der Waals surface area contributed by atoms with E-state index in [-0.39, 0.29) is 11.5 Å². The third-order valence-electron chi connectivity index (χ3n) is 9.24. The summed E-state index contributed by atoms with van der Waals surface area (Å²) in [4.78, 5) is 2.18. The van der Waals surface area contributed by atoms with Crippen molar-refractivity contribution in [2.45, 2.75) is 70.3 Å². The first-order valence-electron chi connectivity index (χ1n) is 11.6. The molecule has 4 aliphatic carbocycles. The van der Waals surface area contributed by atoms with E-state index in [0.717, 1.165) is 30.1 Å². The molecule has 152 valence electrons. The summed E-state index contributed by atoms with van der Waals surface area (Å²) in [6.07, 6.45) is 12.9. The largest absolute Gasteiger partial charge is 0.393 e. The van der Waals surface area contributed by atoms with Crippen molar-refractivity contribution in [3.05, 3.63) is 41.5 Å². The Morgan fingerprint density at radius 2 is 1.71 bits per heavy atom. The monoisotopic (exact) mass is 379 g/mol. The van der Waals surface area contributed by atoms with Crippen LogP contribution < -0.4 is 4.90 Å². The van der Waals surface area contributed by atoms with Crippen molar-refractivity contribution >= 4 is 5.69 Å². The van der Waals surface area contributed by atoms with Gasteiger partial charge in [0.1, 0.15) is 0 Å². The maximum Gasteiger partial charge on any atom is 0.0596 e. The SMILES string of the molecule is CN(C)c1ccc(C2C=C3CC[C@@H]4[C@H](CC[C@]5(C)[C@@H](O)CC[C@@H]45)[C@H]3CC2)cc1. The third kappa shape index (κ3) is 2.86. The minimum Gasteiger partial charge on any atom is -0.393 e. The van der Waals surface area contributed by atoms with E-state index in [4.69, 9.17) is 0 Å². The molecule has 1 unspecified atom stereocenters. The van der Waals surface area contributed by atoms with E-state index in [1.54, 1.807) is 5.57 Å². The lowest BCUT2D eigenvalue weighted by Crippen LogP contribution is -2.47. The number of hydrogen-bond acceptors (Lipinski definition) is 2. The summed E-state index contributed by atoms with van der Waals surface area (Å²) >= 11 is 0. The van der Waals surface area contributed by atoms with E-state index in [0.29, 0.717) is 5.92 Å². The van der Waals surface area contributed by atoms with Gasteiger partial charge in [-0.1, -0.05) is 30.7 Å². The molecule has 0 heterocycles. The Balaban J connectivity index is 1.35. The van der Waals surface area contributed by atoms with Gasteiger partial charge in [-0.25, -0.2) is 0 Å². The molecule has 0 aliphatic heterocycles. The van der Waals surface area contributed by atoms with E-state index in [1.807, 2.05) is 0 Å². The number of allylic oxidation sites excluding steroid dienone is 2. The van der Waals surface area contributed by atoms with Crippen molar-refractivity contribution in [2.75, 3.05) is 19.0 Å². The van der Waals surface area contributed by atoms with Crippen molar-refractivity contribution in [3.63, 3.8) is 0 Å². The van der Waals surface area contributed by atoms with Gasteiger partial charge in [0.15, 0.2) is 0 Å². The van der Waals surface area contributed by atoms with Gasteiger partial charge in [0.25, 0.3) is 0 Å². The van der Waals surface area contributed by atoms with Gasteiger partial charge in [0.2, 0.25) is 0 Å². The molecule has 2 heteroatoms. The maximum atomic E-state index is 10.6. The van der Waals surface area contributed by atoms with Gasteiger partial charge in [0, 0.05) is 25.7 Å². The zero-order valence-electron chi connectivity index (χ0n) is 17.9. The summed E-state index contributed by atoms with van der Waals surface area (Å²) in [5, 5.41) is 10.6. The average molecular weight is 380 g/mol. The Morgan fingerprint density at radius 3 is 2.46 bits per heavy atom. The Bertz CT molecular complexity index is 750. The van der Waals surface area contributed by atoms with E-state index in [1.165, 1.54) is 56.2 Å². The lowest BCUT2D eigenvalue weighted by molar-refractivity contribution is -0.0535. The molecule has 4 aliphatic rings. The molecular formula is C26H37NO. The molecule has 0 aromatic heterocycles. The maximum absolute atomic E-state index is 10.6. The predicted molar refractivity (Wildman–Crippen MR) is 117 cm³/mol. The van der Waals surface area contributed by atoms with Crippen LogP contribution in [0.1, 0.15) is 69.8 Å². The van der Waals surface area contributed by atoms with E-state index >= 15 is 0 Å². The molecule has 0 amide bonds. The summed E-state index contributed by atoms with van der Waals surface area (Å²) in [5.41, 5.74) is 4.77. The quantitative estimate of drug-likeness (QED) is 0.659. The Hall–Kier alpha value is -1.28. The molecule has 2 nitrogen and oxygen atoms in total. The van der Waals surface area contributed by atoms with Crippen LogP contribution in [0.2, 0.25) is 0 Å². The van der Waals surface area contributed by atoms with E-state index < -0.39 is 0 Å². The van der Waals surface area contributed by atoms with Gasteiger partial charge >= 0.3 is 0 Å². The van der Waals surface area contributed by atoms with Crippen LogP contribution in [0.5, 0.6) is 0 Å². The molecule has 1 N–H and O–H groups in total. The second kappa shape index (κ2) is 6.90. The second-order valence-corrected chi connectivity index (χ2v) is 10.6. The number of aliphatic hydroxyl groups excluding tert-OH is 1. The first kappa shape index (κ1) is 18.7. The summed E-state index contributed by atoms with van der Waals surface area (Å²) in [6, 6.07) is 9.22. The van der Waals surface area contributed by atoms with Crippen LogP contribution in [0.3, 0.4) is 0 Å². The summed E-state index contributed by atoms with van der Waals surface area (Å²) in [5.74, 6) is 3.98. The van der Waals surface area contributed by atoms with Crippen molar-refractivity contribution in [1.29, 1.82) is 0 Å². The van der Waals surface area contributed by atoms with Gasteiger partial charge < -0.3 is 10.0 Å². The van der Waals surface area contributed by atoms with Gasteiger partial charge in [-0.05, 0) is 98.1 Å². The zero-order chi connectivity index (χ0) is 19.5. The highest BCUT2D eigenvalue weighted by atomic mass is 16.3. The minimum absolute atomic E-state index is 0.0451. The summed E-state index contributed by atoms with van der Waals surface area (Å²) in [6.45, 7) is 2.39. The highest BCUT2D eigenvalue weighted by Crippen LogP contribution is 2.62. The molecule has 0 saturated heterocycles. The smallest absolute Gasteiger partial charge is 0.0596 e. The highest BCUT2D eigenvalue weighted by molar-refractivity contribution is 5.47. The van der Waals surface area contributed by atoms with Gasteiger partial charge in [0.05, 0.1) is 6.10 Å². The molecule has 0 spiro atoms. The number of rotatable bonds is 2. The molecule has 7 atom stereocenters. The van der Waals surface area contributed by atoms with Crippen molar-refractivity contribution in [3.8, 4) is 0 Å². The molecule has 1 aromatic rings. The average Bonchev–Trinajstić information content (AvgIpc) is 3.02. The minimum atomic E-state index is -0.0451. The number of aliphatic hydroxyl groups is 1. The molecule has 1 aromatic carbocycles. The van der Waals surface area contributed by atoms with Crippen LogP contribution in [0.25, 0.3) is 0 Å². The third-order valence-corrected chi connectivity index (χ3v) is 9.24. The summed E-state index contributed by atoms with van der Waals surface area (Å²) in [7, 11) is 4.22. The van der Waals surface area contributed by atoms with Gasteiger partial charge in [-0.2, -0.15) is 0 Å². The second-order valence-electron chi connectivity index (χ2n) is 10.6.